The van der Waals surface area contributed by atoms with E-state index in [1.807, 2.05) is 28.0 Å². The minimum absolute atomic E-state index is 0.129. The summed E-state index contributed by atoms with van der Waals surface area (Å²) < 4.78 is 17.8. The summed E-state index contributed by atoms with van der Waals surface area (Å²) in [5.41, 5.74) is 3.44. The van der Waals surface area contributed by atoms with Crippen molar-refractivity contribution < 1.29 is 9.18 Å². The van der Waals surface area contributed by atoms with Crippen LogP contribution in [0.2, 0.25) is 0 Å². The van der Waals surface area contributed by atoms with Crippen molar-refractivity contribution in [1.82, 2.24) is 14.3 Å². The van der Waals surface area contributed by atoms with Gasteiger partial charge in [0.05, 0.1) is 6.54 Å². The van der Waals surface area contributed by atoms with E-state index >= 15 is 0 Å². The summed E-state index contributed by atoms with van der Waals surface area (Å²) in [5.74, 6) is 1.17. The molecule has 0 unspecified atom stereocenters. The summed E-state index contributed by atoms with van der Waals surface area (Å²) in [6, 6.07) is 27.1. The van der Waals surface area contributed by atoms with Crippen LogP contribution in [-0.4, -0.2) is 39.8 Å². The Balaban J connectivity index is 1.23. The molecule has 1 aliphatic rings. The number of aromatic nitrogens is 2. The molecule has 4 aromatic rings. The third kappa shape index (κ3) is 7.01. The molecule has 7 heteroatoms. The van der Waals surface area contributed by atoms with E-state index in [0.717, 1.165) is 48.6 Å². The summed E-state index contributed by atoms with van der Waals surface area (Å²) in [5, 5.41) is 0.730. The molecule has 0 N–H and O–H groups in total. The van der Waals surface area contributed by atoms with Gasteiger partial charge in [-0.15, -0.1) is 0 Å². The molecule has 0 spiro atoms. The molecular formula is C30H31FN4OS. The number of nitrogens with zero attached hydrogens (tertiary/aromatic N) is 4. The van der Waals surface area contributed by atoms with Crippen molar-refractivity contribution in [3.8, 4) is 0 Å². The van der Waals surface area contributed by atoms with E-state index in [4.69, 9.17) is 4.98 Å². The normalized spacial score (nSPS) is 14.0. The Labute approximate surface area is 221 Å². The SMILES string of the molecule is O=C(CN(Cc1ccccc1)c1nc(Cc2ccc(F)cc2)ns1)N1CCC(Cc2ccccc2)CC1. The predicted octanol–water partition coefficient (Wildman–Crippen LogP) is 5.76. The van der Waals surface area contributed by atoms with Crippen LogP contribution in [0.15, 0.2) is 84.9 Å². The maximum absolute atomic E-state index is 13.4. The van der Waals surface area contributed by atoms with Crippen molar-refractivity contribution in [2.75, 3.05) is 24.5 Å². The molecule has 1 amide bonds. The van der Waals surface area contributed by atoms with Crippen molar-refractivity contribution in [3.05, 3.63) is 113 Å². The number of carbonyl (C=O) groups is 1. The van der Waals surface area contributed by atoms with Crippen LogP contribution in [-0.2, 0) is 24.2 Å². The summed E-state index contributed by atoms with van der Waals surface area (Å²) in [4.78, 5) is 22.1. The van der Waals surface area contributed by atoms with Gasteiger partial charge in [0.25, 0.3) is 0 Å². The third-order valence-electron chi connectivity index (χ3n) is 6.88. The van der Waals surface area contributed by atoms with Gasteiger partial charge in [0.15, 0.2) is 0 Å². The molecule has 0 radical (unpaired) electrons. The first-order valence-electron chi connectivity index (χ1n) is 12.8. The molecule has 2 heterocycles. The second-order valence-electron chi connectivity index (χ2n) is 9.65. The highest BCUT2D eigenvalue weighted by atomic mass is 32.1. The summed E-state index contributed by atoms with van der Waals surface area (Å²) in [7, 11) is 0. The van der Waals surface area contributed by atoms with Gasteiger partial charge >= 0.3 is 0 Å². The maximum atomic E-state index is 13.4. The second kappa shape index (κ2) is 12.1. The first-order valence-corrected chi connectivity index (χ1v) is 13.6. The van der Waals surface area contributed by atoms with Gasteiger partial charge < -0.3 is 9.80 Å². The van der Waals surface area contributed by atoms with E-state index in [-0.39, 0.29) is 18.3 Å². The van der Waals surface area contributed by atoms with E-state index in [9.17, 15) is 9.18 Å². The fraction of sp³-hybridized carbons (Fsp3) is 0.300. The lowest BCUT2D eigenvalue weighted by Gasteiger charge is -2.33. The summed E-state index contributed by atoms with van der Waals surface area (Å²) >= 11 is 1.31. The van der Waals surface area contributed by atoms with Gasteiger partial charge in [-0.25, -0.2) is 9.37 Å². The van der Waals surface area contributed by atoms with Crippen molar-refractivity contribution in [1.29, 1.82) is 0 Å². The Kier molecular flexibility index (Phi) is 8.21. The lowest BCUT2D eigenvalue weighted by atomic mass is 9.90. The zero-order valence-electron chi connectivity index (χ0n) is 20.8. The average molecular weight is 515 g/mol. The molecule has 0 saturated carbocycles. The lowest BCUT2D eigenvalue weighted by Crippen LogP contribution is -2.44. The molecule has 5 nitrogen and oxygen atoms in total. The van der Waals surface area contributed by atoms with Gasteiger partial charge in [-0.1, -0.05) is 72.8 Å². The fourth-order valence-corrected chi connectivity index (χ4v) is 5.51. The number of anilines is 1. The molecule has 5 rings (SSSR count). The Morgan fingerprint density at radius 2 is 1.54 bits per heavy atom. The topological polar surface area (TPSA) is 49.3 Å². The summed E-state index contributed by atoms with van der Waals surface area (Å²) in [6.45, 7) is 2.44. The second-order valence-corrected chi connectivity index (χ2v) is 10.4. The number of amides is 1. The van der Waals surface area contributed by atoms with Crippen LogP contribution in [0, 0.1) is 11.7 Å². The molecular weight excluding hydrogens is 483 g/mol. The number of likely N-dealkylation sites (tertiary alicyclic amines) is 1. The number of piperidine rings is 1. The Hall–Kier alpha value is -3.58. The Morgan fingerprint density at radius 1 is 0.892 bits per heavy atom. The molecule has 0 aliphatic carbocycles. The van der Waals surface area contributed by atoms with Crippen LogP contribution in [0.5, 0.6) is 0 Å². The zero-order chi connectivity index (χ0) is 25.5. The molecule has 3 aromatic carbocycles. The average Bonchev–Trinajstić information content (AvgIpc) is 3.40. The standard InChI is InChI=1S/C30H31FN4OS/c31-27-13-11-24(12-14-27)20-28-32-30(37-33-28)35(21-26-9-5-2-6-10-26)22-29(36)34-17-15-25(16-18-34)19-23-7-3-1-4-8-23/h1-14,25H,15-22H2. The van der Waals surface area contributed by atoms with Crippen molar-refractivity contribution in [3.63, 3.8) is 0 Å². The molecule has 1 saturated heterocycles. The highest BCUT2D eigenvalue weighted by Crippen LogP contribution is 2.24. The molecule has 1 aromatic heterocycles. The van der Waals surface area contributed by atoms with Gasteiger partial charge in [0.2, 0.25) is 11.0 Å². The molecule has 0 atom stereocenters. The van der Waals surface area contributed by atoms with Crippen LogP contribution in [0.25, 0.3) is 0 Å². The molecule has 37 heavy (non-hydrogen) atoms. The van der Waals surface area contributed by atoms with Gasteiger partial charge in [-0.05, 0) is 54.0 Å². The van der Waals surface area contributed by atoms with E-state index < -0.39 is 0 Å². The number of carbonyl (C=O) groups excluding carboxylic acids is 1. The van der Waals surface area contributed by atoms with E-state index in [1.54, 1.807) is 12.1 Å². The van der Waals surface area contributed by atoms with Gasteiger partial charge in [0, 0.05) is 37.6 Å². The molecule has 0 bridgehead atoms. The minimum atomic E-state index is -0.257. The van der Waals surface area contributed by atoms with Crippen LogP contribution in [0.3, 0.4) is 0 Å². The lowest BCUT2D eigenvalue weighted by molar-refractivity contribution is -0.131. The Morgan fingerprint density at radius 3 is 2.22 bits per heavy atom. The fourth-order valence-electron chi connectivity index (χ4n) is 4.82. The molecule has 1 fully saturated rings. The maximum Gasteiger partial charge on any atom is 0.242 e. The number of hydrogen-bond acceptors (Lipinski definition) is 5. The number of rotatable bonds is 9. The quantitative estimate of drug-likeness (QED) is 0.285. The van der Waals surface area contributed by atoms with E-state index in [0.29, 0.717) is 24.7 Å². The predicted molar refractivity (Wildman–Crippen MR) is 146 cm³/mol. The number of benzene rings is 3. The monoisotopic (exact) mass is 514 g/mol. The van der Waals surface area contributed by atoms with Crippen LogP contribution >= 0.6 is 11.5 Å². The van der Waals surface area contributed by atoms with Crippen molar-refractivity contribution in [2.45, 2.75) is 32.2 Å². The largest absolute Gasteiger partial charge is 0.341 e. The first kappa shape index (κ1) is 25.1. The Bertz CT molecular complexity index is 1270. The molecule has 1 aliphatic heterocycles. The highest BCUT2D eigenvalue weighted by molar-refractivity contribution is 7.09. The van der Waals surface area contributed by atoms with Crippen LogP contribution in [0.1, 0.15) is 35.4 Å². The molecule has 190 valence electrons. The van der Waals surface area contributed by atoms with Gasteiger partial charge in [-0.2, -0.15) is 4.37 Å². The van der Waals surface area contributed by atoms with E-state index in [2.05, 4.69) is 46.8 Å². The smallest absolute Gasteiger partial charge is 0.242 e. The van der Waals surface area contributed by atoms with Gasteiger partial charge in [0.1, 0.15) is 11.6 Å². The van der Waals surface area contributed by atoms with E-state index in [1.165, 1.54) is 29.2 Å². The van der Waals surface area contributed by atoms with Crippen LogP contribution in [0.4, 0.5) is 9.52 Å². The third-order valence-corrected chi connectivity index (χ3v) is 7.70. The summed E-state index contributed by atoms with van der Waals surface area (Å²) in [6.07, 6.45) is 3.66. The number of hydrogen-bond donors (Lipinski definition) is 0. The minimum Gasteiger partial charge on any atom is -0.341 e. The zero-order valence-corrected chi connectivity index (χ0v) is 21.6. The van der Waals surface area contributed by atoms with Crippen molar-refractivity contribution in [2.24, 2.45) is 5.92 Å². The van der Waals surface area contributed by atoms with Gasteiger partial charge in [-0.3, -0.25) is 4.79 Å². The number of halogens is 1. The van der Waals surface area contributed by atoms with Crippen molar-refractivity contribution >= 4 is 22.6 Å². The highest BCUT2D eigenvalue weighted by Gasteiger charge is 2.25. The first-order chi connectivity index (χ1) is 18.1. The van der Waals surface area contributed by atoms with Crippen LogP contribution < -0.4 is 4.90 Å².